The monoisotopic (exact) mass is 358 g/mol. The van der Waals surface area contributed by atoms with Crippen molar-refractivity contribution in [3.63, 3.8) is 0 Å². The Labute approximate surface area is 187 Å². The van der Waals surface area contributed by atoms with Crippen LogP contribution in [-0.2, 0) is 14.7 Å². The third-order valence-electron chi connectivity index (χ3n) is 1.75. The van der Waals surface area contributed by atoms with Crippen LogP contribution in [-0.4, -0.2) is 23.6 Å². The van der Waals surface area contributed by atoms with Gasteiger partial charge in [-0.3, -0.25) is 0 Å². The van der Waals surface area contributed by atoms with E-state index >= 15 is 0 Å². The molecule has 0 aliphatic heterocycles. The van der Waals surface area contributed by atoms with E-state index in [1.54, 1.807) is 0 Å². The molecule has 0 radical (unpaired) electrons. The first kappa shape index (κ1) is 34.4. The molecule has 0 atom stereocenters. The molecule has 0 fully saturated rings. The smallest absolute Gasteiger partial charge is 0.790 e. The molecule has 0 aliphatic rings. The molecular weight excluding hydrogens is 340 g/mol. The van der Waals surface area contributed by atoms with E-state index in [0.29, 0.717) is 6.42 Å². The molecule has 0 bridgehead atoms. The van der Waals surface area contributed by atoms with Gasteiger partial charge in [-0.25, -0.2) is 8.42 Å². The van der Waals surface area contributed by atoms with Crippen LogP contribution in [0.15, 0.2) is 0 Å². The number of rotatable bonds is 7. The van der Waals surface area contributed by atoms with Crippen molar-refractivity contribution in [1.82, 2.24) is 0 Å². The molecule has 12 heteroatoms. The molecule has 0 amide bonds. The van der Waals surface area contributed by atoms with Gasteiger partial charge in [-0.15, -0.1) is 0 Å². The van der Waals surface area contributed by atoms with Gasteiger partial charge in [0.15, 0.2) is 0 Å². The molecule has 0 saturated heterocycles. The van der Waals surface area contributed by atoms with Gasteiger partial charge in [-0.1, -0.05) is 39.0 Å². The maximum Gasteiger partial charge on any atom is 1.00 e. The second-order valence-corrected chi connectivity index (χ2v) is 5.96. The van der Waals surface area contributed by atoms with Crippen molar-refractivity contribution in [2.24, 2.45) is 0 Å². The van der Waals surface area contributed by atoms with Gasteiger partial charge in [0.2, 0.25) is 0 Å². The SMILES string of the molecule is CCCCCCCCS(=O)(=O)[O-].O=P([O-])([O-])O.[Na+].[Na+].[Na+]. The summed E-state index contributed by atoms with van der Waals surface area (Å²) in [5, 5.41) is 0. The van der Waals surface area contributed by atoms with Crippen molar-refractivity contribution in [2.75, 3.05) is 5.75 Å². The predicted molar refractivity (Wildman–Crippen MR) is 57.8 cm³/mol. The maximum atomic E-state index is 10.2. The summed E-state index contributed by atoms with van der Waals surface area (Å²) in [5.41, 5.74) is 0. The molecule has 0 aromatic heterocycles. The van der Waals surface area contributed by atoms with Crippen LogP contribution in [0.4, 0.5) is 0 Å². The number of phosphoric acid groups is 1. The Morgan fingerprint density at radius 1 is 0.950 bits per heavy atom. The Morgan fingerprint density at radius 2 is 1.25 bits per heavy atom. The molecule has 0 saturated carbocycles. The van der Waals surface area contributed by atoms with Gasteiger partial charge in [0.25, 0.3) is 0 Å². The first-order valence-corrected chi connectivity index (χ1v) is 8.32. The first-order valence-electron chi connectivity index (χ1n) is 5.24. The number of hydrogen-bond donors (Lipinski definition) is 1. The minimum absolute atomic E-state index is 0. The van der Waals surface area contributed by atoms with Crippen LogP contribution >= 0.6 is 7.82 Å². The quantitative estimate of drug-likeness (QED) is 0.206. The van der Waals surface area contributed by atoms with E-state index in [0.717, 1.165) is 19.3 Å². The largest absolute Gasteiger partial charge is 1.00 e. The van der Waals surface area contributed by atoms with Crippen molar-refractivity contribution in [3.05, 3.63) is 0 Å². The minimum Gasteiger partial charge on any atom is -0.790 e. The fourth-order valence-electron chi connectivity index (χ4n) is 1.06. The van der Waals surface area contributed by atoms with E-state index in [2.05, 4.69) is 6.92 Å². The van der Waals surface area contributed by atoms with Gasteiger partial charge in [0.1, 0.15) is 0 Å². The van der Waals surface area contributed by atoms with E-state index in [1.165, 1.54) is 12.8 Å². The average Bonchev–Trinajstić information content (AvgIpc) is 2.06. The molecule has 0 heterocycles. The summed E-state index contributed by atoms with van der Waals surface area (Å²) in [7, 11) is -9.11. The predicted octanol–water partition coefficient (Wildman–Crippen LogP) is -9.29. The van der Waals surface area contributed by atoms with Gasteiger partial charge in [0, 0.05) is 5.75 Å². The molecule has 0 unspecified atom stereocenters. The molecule has 0 aromatic carbocycles. The summed E-state index contributed by atoms with van der Waals surface area (Å²) < 4.78 is 39.2. The van der Waals surface area contributed by atoms with E-state index < -0.39 is 17.9 Å². The Balaban J connectivity index is -0.0000000821. The summed E-state index contributed by atoms with van der Waals surface area (Å²) in [6.45, 7) is 2.13. The van der Waals surface area contributed by atoms with Gasteiger partial charge < -0.3 is 23.8 Å². The topological polar surface area (TPSA) is 141 Å². The molecule has 106 valence electrons. The van der Waals surface area contributed by atoms with Crippen LogP contribution in [0.25, 0.3) is 0 Å². The van der Waals surface area contributed by atoms with Gasteiger partial charge in [-0.05, 0) is 6.42 Å². The van der Waals surface area contributed by atoms with Gasteiger partial charge in [-0.2, -0.15) is 0 Å². The van der Waals surface area contributed by atoms with Gasteiger partial charge in [0.05, 0.1) is 17.9 Å². The van der Waals surface area contributed by atoms with Crippen LogP contribution in [0.3, 0.4) is 0 Å². The van der Waals surface area contributed by atoms with E-state index in [1.807, 2.05) is 0 Å². The van der Waals surface area contributed by atoms with Crippen molar-refractivity contribution < 1.29 is 121 Å². The normalized spacial score (nSPS) is 10.1. The van der Waals surface area contributed by atoms with Crippen molar-refractivity contribution >= 4 is 17.9 Å². The Morgan fingerprint density at radius 3 is 1.55 bits per heavy atom. The summed E-state index contributed by atoms with van der Waals surface area (Å²) >= 11 is 0. The molecule has 1 N–H and O–H groups in total. The van der Waals surface area contributed by atoms with Crippen molar-refractivity contribution in [1.29, 1.82) is 0 Å². The maximum absolute atomic E-state index is 10.2. The number of unbranched alkanes of at least 4 members (excludes halogenated alkanes) is 5. The molecule has 0 aliphatic carbocycles. The molecule has 0 aromatic rings. The zero-order valence-corrected chi connectivity index (χ0v) is 20.4. The molecule has 7 nitrogen and oxygen atoms in total. The number of hydrogen-bond acceptors (Lipinski definition) is 6. The second-order valence-electron chi connectivity index (χ2n) is 3.50. The molecule has 0 spiro atoms. The van der Waals surface area contributed by atoms with Crippen LogP contribution in [0.2, 0.25) is 0 Å². The average molecular weight is 358 g/mol. The molecule has 20 heavy (non-hydrogen) atoms. The van der Waals surface area contributed by atoms with E-state index in [-0.39, 0.29) is 94.4 Å². The van der Waals surface area contributed by atoms with Crippen molar-refractivity contribution in [3.8, 4) is 0 Å². The summed E-state index contributed by atoms with van der Waals surface area (Å²) in [6.07, 6.45) is 5.96. The summed E-state index contributed by atoms with van der Waals surface area (Å²) in [6, 6.07) is 0. The van der Waals surface area contributed by atoms with E-state index in [9.17, 15) is 13.0 Å². The third-order valence-corrected chi connectivity index (χ3v) is 2.54. The van der Waals surface area contributed by atoms with E-state index in [4.69, 9.17) is 19.2 Å². The van der Waals surface area contributed by atoms with Gasteiger partial charge >= 0.3 is 88.7 Å². The summed E-state index contributed by atoms with van der Waals surface area (Å²) in [5.74, 6) is -0.195. The summed E-state index contributed by atoms with van der Waals surface area (Å²) in [4.78, 5) is 24.3. The van der Waals surface area contributed by atoms with Crippen LogP contribution in [0, 0.1) is 0 Å². The Kier molecular flexibility index (Phi) is 34.5. The second kappa shape index (κ2) is 20.1. The standard InChI is InChI=1S/C8H18O3S.3Na.H3O4P/c1-2-3-4-5-6-7-8-12(9,10)11;;;;1-5(2,3)4/h2-8H2,1H3,(H,9,10,11);;;;(H3,1,2,3,4)/q;3*+1;/p-3. The Hall–Kier alpha value is 3.02. The molecular formula is C8H18Na3O7PS. The van der Waals surface area contributed by atoms with Crippen molar-refractivity contribution in [2.45, 2.75) is 45.4 Å². The molecule has 0 rings (SSSR count). The van der Waals surface area contributed by atoms with Crippen LogP contribution < -0.4 is 98.5 Å². The zero-order valence-electron chi connectivity index (χ0n) is 12.7. The first-order chi connectivity index (χ1) is 7.56. The Bertz CT molecular complexity index is 312. The third kappa shape index (κ3) is 58.3. The fraction of sp³-hybridized carbons (Fsp3) is 1.00. The van der Waals surface area contributed by atoms with Crippen LogP contribution in [0.5, 0.6) is 0 Å². The fourth-order valence-corrected chi connectivity index (χ4v) is 1.62. The minimum atomic E-state index is -5.14. The zero-order chi connectivity index (χ0) is 13.9. The van der Waals surface area contributed by atoms with Crippen LogP contribution in [0.1, 0.15) is 45.4 Å².